The fourth-order valence-electron chi connectivity index (χ4n) is 7.78. The summed E-state index contributed by atoms with van der Waals surface area (Å²) >= 11 is 0. The van der Waals surface area contributed by atoms with Gasteiger partial charge in [-0.2, -0.15) is 0 Å². The molecule has 1 aliphatic heterocycles. The Bertz CT molecular complexity index is 1710. The van der Waals surface area contributed by atoms with E-state index in [1.807, 2.05) is 67.7 Å². The van der Waals surface area contributed by atoms with E-state index >= 15 is 0 Å². The number of amides is 1. The van der Waals surface area contributed by atoms with Gasteiger partial charge in [0, 0.05) is 25.6 Å². The molecule has 1 saturated carbocycles. The number of nitrogens with one attached hydrogen (secondary N) is 1. The predicted molar refractivity (Wildman–Crippen MR) is 191 cm³/mol. The van der Waals surface area contributed by atoms with Crippen molar-refractivity contribution in [2.45, 2.75) is 80.7 Å². The Kier molecular flexibility index (Phi) is 10.8. The van der Waals surface area contributed by atoms with Crippen LogP contribution >= 0.6 is 0 Å². The van der Waals surface area contributed by atoms with Crippen LogP contribution in [0, 0.1) is 5.92 Å². The minimum Gasteiger partial charge on any atom is -0.346 e. The first kappa shape index (κ1) is 33.4. The first-order valence-electron chi connectivity index (χ1n) is 17.4. The van der Waals surface area contributed by atoms with Crippen LogP contribution < -0.4 is 4.72 Å². The summed E-state index contributed by atoms with van der Waals surface area (Å²) in [5, 5.41) is 1.84. The summed E-state index contributed by atoms with van der Waals surface area (Å²) in [7, 11) is -2.00. The van der Waals surface area contributed by atoms with Gasteiger partial charge in [-0.05, 0) is 111 Å². The van der Waals surface area contributed by atoms with Crippen molar-refractivity contribution in [1.82, 2.24) is 14.5 Å². The molecule has 1 aliphatic carbocycles. The molecule has 1 amide bonds. The maximum absolute atomic E-state index is 13.6. The molecule has 1 heterocycles. The summed E-state index contributed by atoms with van der Waals surface area (Å²) in [6.07, 6.45) is 10.9. The SMILES string of the molecule is CN(CCC1CCC(CCc2ccccc2)(N2CCCC2)CC1)C(=O)CC(NS(=O)(=O)c1ccc2ccccc2c1)c1ccccc1. The number of sulfonamides is 1. The lowest BCUT2D eigenvalue weighted by atomic mass is 9.72. The quantitative estimate of drug-likeness (QED) is 0.161. The zero-order valence-corrected chi connectivity index (χ0v) is 28.5. The molecule has 1 N–H and O–H groups in total. The third-order valence-corrected chi connectivity index (χ3v) is 12.2. The van der Waals surface area contributed by atoms with Crippen LogP contribution in [-0.4, -0.2) is 56.3 Å². The average molecular weight is 652 g/mol. The lowest BCUT2D eigenvalue weighted by molar-refractivity contribution is -0.130. The van der Waals surface area contributed by atoms with Gasteiger partial charge in [0.05, 0.1) is 10.9 Å². The van der Waals surface area contributed by atoms with Crippen molar-refractivity contribution in [3.8, 4) is 0 Å². The Balaban J connectivity index is 1.06. The van der Waals surface area contributed by atoms with E-state index in [1.54, 1.807) is 17.0 Å². The molecule has 1 saturated heterocycles. The van der Waals surface area contributed by atoms with Gasteiger partial charge < -0.3 is 4.90 Å². The van der Waals surface area contributed by atoms with E-state index in [2.05, 4.69) is 40.0 Å². The van der Waals surface area contributed by atoms with E-state index in [0.717, 1.165) is 29.2 Å². The van der Waals surface area contributed by atoms with Gasteiger partial charge in [-0.15, -0.1) is 0 Å². The molecule has 6 rings (SSSR count). The summed E-state index contributed by atoms with van der Waals surface area (Å²) in [5.74, 6) is 0.555. The fraction of sp³-hybridized carbons (Fsp3) is 0.425. The van der Waals surface area contributed by atoms with Gasteiger partial charge >= 0.3 is 0 Å². The van der Waals surface area contributed by atoms with Crippen LogP contribution in [0.15, 0.2) is 108 Å². The van der Waals surface area contributed by atoms with Crippen molar-refractivity contribution in [2.75, 3.05) is 26.7 Å². The molecule has 4 aromatic carbocycles. The van der Waals surface area contributed by atoms with Crippen LogP contribution in [0.1, 0.15) is 75.0 Å². The number of carbonyl (C=O) groups is 1. The highest BCUT2D eigenvalue weighted by Crippen LogP contribution is 2.42. The number of nitrogens with zero attached hydrogens (tertiary/aromatic N) is 2. The van der Waals surface area contributed by atoms with Crippen LogP contribution in [0.4, 0.5) is 0 Å². The van der Waals surface area contributed by atoms with Gasteiger partial charge in [0.2, 0.25) is 15.9 Å². The molecule has 1 atom stereocenters. The first-order valence-corrected chi connectivity index (χ1v) is 18.9. The molecule has 47 heavy (non-hydrogen) atoms. The Hall–Kier alpha value is -3.52. The second-order valence-corrected chi connectivity index (χ2v) is 15.5. The van der Waals surface area contributed by atoms with Crippen molar-refractivity contribution in [1.29, 1.82) is 0 Å². The van der Waals surface area contributed by atoms with Crippen molar-refractivity contribution in [3.63, 3.8) is 0 Å². The smallest absolute Gasteiger partial charge is 0.241 e. The van der Waals surface area contributed by atoms with Crippen molar-refractivity contribution >= 4 is 26.7 Å². The number of carbonyl (C=O) groups excluding carboxylic acids is 1. The standard InChI is InChI=1S/C40H49N3O3S/c1-42(29-23-33-21-25-40(26-22-33,43-27-10-11-28-43)24-20-32-12-4-2-5-13-32)39(44)31-38(35-15-6-3-7-16-35)41-47(45,46)37-19-18-34-14-8-9-17-36(34)30-37/h2-9,12-19,30,33,38,41H,10-11,20-29,31H2,1H3. The minimum absolute atomic E-state index is 0.0508. The predicted octanol–water partition coefficient (Wildman–Crippen LogP) is 7.76. The van der Waals surface area contributed by atoms with E-state index in [-0.39, 0.29) is 17.2 Å². The molecule has 4 aromatic rings. The summed E-state index contributed by atoms with van der Waals surface area (Å²) in [6.45, 7) is 3.14. The topological polar surface area (TPSA) is 69.7 Å². The zero-order chi connectivity index (χ0) is 32.7. The van der Waals surface area contributed by atoms with Crippen LogP contribution in [0.3, 0.4) is 0 Å². The maximum atomic E-state index is 13.6. The molecule has 2 aliphatic rings. The highest BCUT2D eigenvalue weighted by molar-refractivity contribution is 7.89. The summed E-state index contributed by atoms with van der Waals surface area (Å²) in [5.41, 5.74) is 2.51. The maximum Gasteiger partial charge on any atom is 0.241 e. The highest BCUT2D eigenvalue weighted by atomic mass is 32.2. The van der Waals surface area contributed by atoms with Gasteiger partial charge in [0.25, 0.3) is 0 Å². The third-order valence-electron chi connectivity index (χ3n) is 10.7. The summed E-state index contributed by atoms with van der Waals surface area (Å²) in [4.78, 5) is 18.4. The van der Waals surface area contributed by atoms with E-state index in [0.29, 0.717) is 18.0 Å². The van der Waals surface area contributed by atoms with E-state index in [9.17, 15) is 13.2 Å². The molecule has 1 unspecified atom stereocenters. The molecule has 7 heteroatoms. The minimum atomic E-state index is -3.87. The molecular formula is C40H49N3O3S. The first-order chi connectivity index (χ1) is 22.8. The Labute approximate surface area is 281 Å². The molecule has 0 bridgehead atoms. The molecule has 0 spiro atoms. The number of hydrogen-bond donors (Lipinski definition) is 1. The van der Waals surface area contributed by atoms with Crippen LogP contribution in [-0.2, 0) is 21.2 Å². The van der Waals surface area contributed by atoms with Gasteiger partial charge in [-0.25, -0.2) is 13.1 Å². The molecule has 2 fully saturated rings. The van der Waals surface area contributed by atoms with E-state index in [1.165, 1.54) is 63.6 Å². The van der Waals surface area contributed by atoms with Gasteiger partial charge in [-0.1, -0.05) is 91.0 Å². The van der Waals surface area contributed by atoms with Crippen LogP contribution in [0.5, 0.6) is 0 Å². The zero-order valence-electron chi connectivity index (χ0n) is 27.7. The second-order valence-electron chi connectivity index (χ2n) is 13.7. The molecule has 0 radical (unpaired) electrons. The lowest BCUT2D eigenvalue weighted by Gasteiger charge is -2.47. The van der Waals surface area contributed by atoms with Gasteiger partial charge in [-0.3, -0.25) is 9.69 Å². The summed E-state index contributed by atoms with van der Waals surface area (Å²) < 4.78 is 30.0. The Morgan fingerprint density at radius 3 is 2.21 bits per heavy atom. The lowest BCUT2D eigenvalue weighted by Crippen LogP contribution is -2.50. The number of likely N-dealkylation sites (tertiary alicyclic amines) is 1. The highest BCUT2D eigenvalue weighted by Gasteiger charge is 2.40. The van der Waals surface area contributed by atoms with Crippen LogP contribution in [0.2, 0.25) is 0 Å². The monoisotopic (exact) mass is 651 g/mol. The largest absolute Gasteiger partial charge is 0.346 e. The summed E-state index contributed by atoms with van der Waals surface area (Å²) in [6, 6.07) is 32.5. The normalized spacial score (nSPS) is 21.1. The molecule has 0 aromatic heterocycles. The molecule has 6 nitrogen and oxygen atoms in total. The third kappa shape index (κ3) is 8.32. The number of rotatable bonds is 13. The van der Waals surface area contributed by atoms with Crippen molar-refractivity contribution in [2.24, 2.45) is 5.92 Å². The van der Waals surface area contributed by atoms with Crippen molar-refractivity contribution in [3.05, 3.63) is 114 Å². The van der Waals surface area contributed by atoms with Gasteiger partial charge in [0.15, 0.2) is 0 Å². The molecular weight excluding hydrogens is 603 g/mol. The Morgan fingerprint density at radius 2 is 1.51 bits per heavy atom. The van der Waals surface area contributed by atoms with Crippen LogP contribution in [0.25, 0.3) is 10.8 Å². The van der Waals surface area contributed by atoms with E-state index in [4.69, 9.17) is 0 Å². The molecule has 248 valence electrons. The number of hydrogen-bond acceptors (Lipinski definition) is 4. The van der Waals surface area contributed by atoms with Gasteiger partial charge in [0.1, 0.15) is 0 Å². The number of aryl methyl sites for hydroxylation is 1. The Morgan fingerprint density at radius 1 is 0.872 bits per heavy atom. The van der Waals surface area contributed by atoms with E-state index < -0.39 is 16.1 Å². The average Bonchev–Trinajstić information content (AvgIpc) is 3.67. The second kappa shape index (κ2) is 15.1. The number of benzene rings is 4. The number of fused-ring (bicyclic) bond motifs is 1. The fourth-order valence-corrected chi connectivity index (χ4v) is 9.03. The van der Waals surface area contributed by atoms with Crippen molar-refractivity contribution < 1.29 is 13.2 Å².